The van der Waals surface area contributed by atoms with E-state index >= 15 is 0 Å². The fourth-order valence-electron chi connectivity index (χ4n) is 4.19. The number of pyridine rings is 1. The normalized spacial score (nSPS) is 19.3. The largest absolute Gasteiger partial charge is 0.391 e. The van der Waals surface area contributed by atoms with Gasteiger partial charge in [-0.1, -0.05) is 35.5 Å². The van der Waals surface area contributed by atoms with Crippen molar-refractivity contribution in [2.24, 2.45) is 5.92 Å². The Morgan fingerprint density at radius 3 is 2.76 bits per heavy atom. The summed E-state index contributed by atoms with van der Waals surface area (Å²) in [4.78, 5) is 19.0. The Bertz CT molecular complexity index is 1180. The van der Waals surface area contributed by atoms with E-state index in [-0.39, 0.29) is 18.2 Å². The van der Waals surface area contributed by atoms with Crippen LogP contribution in [0.4, 0.5) is 0 Å². The fourth-order valence-corrected chi connectivity index (χ4v) is 4.19. The molecule has 6 heteroatoms. The van der Waals surface area contributed by atoms with E-state index in [0.717, 1.165) is 21.9 Å². The highest BCUT2D eigenvalue weighted by Crippen LogP contribution is 2.26. The number of aliphatic hydroxyl groups excluding tert-OH is 1. The number of hydrogen-bond donors (Lipinski definition) is 1. The summed E-state index contributed by atoms with van der Waals surface area (Å²) < 4.78 is 5.30. The monoisotopic (exact) mass is 387 g/mol. The highest BCUT2D eigenvalue weighted by atomic mass is 16.5. The van der Waals surface area contributed by atoms with Crippen LogP contribution in [0.3, 0.4) is 0 Å². The number of nitrogens with zero attached hydrogens (tertiary/aromatic N) is 3. The van der Waals surface area contributed by atoms with Crippen molar-refractivity contribution < 1.29 is 14.4 Å². The van der Waals surface area contributed by atoms with Crippen LogP contribution < -0.4 is 0 Å². The minimum absolute atomic E-state index is 0.00110. The van der Waals surface area contributed by atoms with E-state index in [1.54, 1.807) is 11.1 Å². The van der Waals surface area contributed by atoms with Crippen LogP contribution in [0, 0.1) is 5.92 Å². The highest BCUT2D eigenvalue weighted by molar-refractivity contribution is 5.86. The van der Waals surface area contributed by atoms with E-state index in [1.807, 2.05) is 48.5 Å². The van der Waals surface area contributed by atoms with Crippen LogP contribution in [0.5, 0.6) is 0 Å². The molecule has 0 radical (unpaired) electrons. The Hall–Kier alpha value is -3.25. The summed E-state index contributed by atoms with van der Waals surface area (Å²) in [6.07, 6.45) is 2.15. The summed E-state index contributed by atoms with van der Waals surface area (Å²) in [5.41, 5.74) is 3.42. The average molecular weight is 387 g/mol. The molecule has 4 aromatic rings. The van der Waals surface area contributed by atoms with Crippen molar-refractivity contribution in [2.75, 3.05) is 13.1 Å². The number of amides is 1. The number of carbonyl (C=O) groups excluding carboxylic acids is 1. The van der Waals surface area contributed by atoms with Crippen molar-refractivity contribution in [3.05, 3.63) is 72.1 Å². The number of fused-ring (bicyclic) bond motifs is 2. The van der Waals surface area contributed by atoms with Gasteiger partial charge in [-0.3, -0.25) is 9.78 Å². The molecule has 6 nitrogen and oxygen atoms in total. The molecule has 1 aliphatic rings. The molecule has 146 valence electrons. The number of β-amino-alcohol motifs (C(OH)–C–C–N with tert-alkyl or cyclic N) is 1. The van der Waals surface area contributed by atoms with Gasteiger partial charge in [-0.05, 0) is 36.2 Å². The Labute approximate surface area is 167 Å². The van der Waals surface area contributed by atoms with E-state index in [0.29, 0.717) is 30.8 Å². The van der Waals surface area contributed by atoms with Gasteiger partial charge in [-0.25, -0.2) is 0 Å². The van der Waals surface area contributed by atoms with Gasteiger partial charge >= 0.3 is 0 Å². The molecule has 0 saturated carbocycles. The van der Waals surface area contributed by atoms with Gasteiger partial charge in [0, 0.05) is 36.0 Å². The van der Waals surface area contributed by atoms with Crippen molar-refractivity contribution in [3.63, 3.8) is 0 Å². The summed E-state index contributed by atoms with van der Waals surface area (Å²) in [5.74, 6) is -0.0380. The van der Waals surface area contributed by atoms with E-state index in [9.17, 15) is 9.90 Å². The standard InChI is InChI=1S/C23H21N3O3/c27-21-14-26(23(28)12-20-18-6-2-4-8-22(18)29-25-20)13-16(21)11-15-9-10-24-19-7-3-1-5-17(15)19/h1-10,16,21,27H,11-14H2/t16-,21+/m1/s1. The van der Waals surface area contributed by atoms with Crippen molar-refractivity contribution in [3.8, 4) is 0 Å². The number of hydrogen-bond acceptors (Lipinski definition) is 5. The zero-order chi connectivity index (χ0) is 19.8. The van der Waals surface area contributed by atoms with Crippen LogP contribution in [-0.4, -0.2) is 45.2 Å². The molecule has 1 aliphatic heterocycles. The van der Waals surface area contributed by atoms with Crippen LogP contribution in [0.15, 0.2) is 65.3 Å². The summed E-state index contributed by atoms with van der Waals surface area (Å²) in [6.45, 7) is 0.884. The minimum atomic E-state index is -0.542. The molecule has 1 fully saturated rings. The predicted octanol–water partition coefficient (Wildman–Crippen LogP) is 2.98. The molecule has 0 unspecified atom stereocenters. The predicted molar refractivity (Wildman–Crippen MR) is 109 cm³/mol. The van der Waals surface area contributed by atoms with Gasteiger partial charge in [0.15, 0.2) is 5.58 Å². The molecule has 1 N–H and O–H groups in total. The first-order valence-electron chi connectivity index (χ1n) is 9.81. The molecular weight excluding hydrogens is 366 g/mol. The Balaban J connectivity index is 1.31. The van der Waals surface area contributed by atoms with Gasteiger partial charge < -0.3 is 14.5 Å². The van der Waals surface area contributed by atoms with Crippen LogP contribution in [0.25, 0.3) is 21.9 Å². The first kappa shape index (κ1) is 17.8. The molecule has 0 spiro atoms. The third kappa shape index (κ3) is 3.36. The lowest BCUT2D eigenvalue weighted by atomic mass is 9.94. The maximum absolute atomic E-state index is 12.8. The Morgan fingerprint density at radius 2 is 1.86 bits per heavy atom. The van der Waals surface area contributed by atoms with Gasteiger partial charge in [0.1, 0.15) is 5.69 Å². The second-order valence-corrected chi connectivity index (χ2v) is 7.62. The average Bonchev–Trinajstić information content (AvgIpc) is 3.32. The molecule has 29 heavy (non-hydrogen) atoms. The molecule has 0 aliphatic carbocycles. The third-order valence-corrected chi connectivity index (χ3v) is 5.75. The van der Waals surface area contributed by atoms with E-state index in [4.69, 9.17) is 4.52 Å². The van der Waals surface area contributed by atoms with Crippen molar-refractivity contribution in [1.29, 1.82) is 0 Å². The van der Waals surface area contributed by atoms with Crippen molar-refractivity contribution in [2.45, 2.75) is 18.9 Å². The van der Waals surface area contributed by atoms with Crippen LogP contribution in [-0.2, 0) is 17.6 Å². The Morgan fingerprint density at radius 1 is 1.07 bits per heavy atom. The van der Waals surface area contributed by atoms with E-state index in [1.165, 1.54) is 0 Å². The summed E-state index contributed by atoms with van der Waals surface area (Å²) in [5, 5.41) is 16.6. The lowest BCUT2D eigenvalue weighted by molar-refractivity contribution is -0.129. The maximum Gasteiger partial charge on any atom is 0.228 e. The van der Waals surface area contributed by atoms with Crippen molar-refractivity contribution >= 4 is 27.8 Å². The van der Waals surface area contributed by atoms with Gasteiger partial charge in [-0.2, -0.15) is 0 Å². The molecule has 5 rings (SSSR count). The zero-order valence-corrected chi connectivity index (χ0v) is 15.9. The molecular formula is C23H21N3O3. The molecule has 1 amide bonds. The van der Waals surface area contributed by atoms with Crippen LogP contribution in [0.2, 0.25) is 0 Å². The molecule has 1 saturated heterocycles. The number of aromatic nitrogens is 2. The number of para-hydroxylation sites is 2. The van der Waals surface area contributed by atoms with E-state index in [2.05, 4.69) is 16.2 Å². The fraction of sp³-hybridized carbons (Fsp3) is 0.261. The number of rotatable bonds is 4. The minimum Gasteiger partial charge on any atom is -0.391 e. The zero-order valence-electron chi connectivity index (χ0n) is 15.9. The van der Waals surface area contributed by atoms with Gasteiger partial charge in [0.25, 0.3) is 0 Å². The number of carbonyl (C=O) groups is 1. The Kier molecular flexibility index (Phi) is 4.48. The molecule has 3 heterocycles. The first-order chi connectivity index (χ1) is 14.2. The second kappa shape index (κ2) is 7.29. The second-order valence-electron chi connectivity index (χ2n) is 7.62. The summed E-state index contributed by atoms with van der Waals surface area (Å²) in [7, 11) is 0. The molecule has 2 aromatic heterocycles. The quantitative estimate of drug-likeness (QED) is 0.582. The van der Waals surface area contributed by atoms with Crippen LogP contribution >= 0.6 is 0 Å². The topological polar surface area (TPSA) is 79.5 Å². The number of benzene rings is 2. The van der Waals surface area contributed by atoms with Gasteiger partial charge in [-0.15, -0.1) is 0 Å². The van der Waals surface area contributed by atoms with Gasteiger partial charge in [0.05, 0.1) is 18.0 Å². The smallest absolute Gasteiger partial charge is 0.228 e. The van der Waals surface area contributed by atoms with Crippen molar-refractivity contribution in [1.82, 2.24) is 15.0 Å². The van der Waals surface area contributed by atoms with E-state index < -0.39 is 6.10 Å². The van der Waals surface area contributed by atoms with Gasteiger partial charge in [0.2, 0.25) is 5.91 Å². The number of likely N-dealkylation sites (tertiary alicyclic amines) is 1. The molecule has 2 atom stereocenters. The summed E-state index contributed by atoms with van der Waals surface area (Å²) in [6, 6.07) is 17.5. The first-order valence-corrected chi connectivity index (χ1v) is 9.81. The maximum atomic E-state index is 12.8. The lowest BCUT2D eigenvalue weighted by Gasteiger charge is -2.16. The summed E-state index contributed by atoms with van der Waals surface area (Å²) >= 11 is 0. The number of aliphatic hydroxyl groups is 1. The lowest BCUT2D eigenvalue weighted by Crippen LogP contribution is -2.31. The SMILES string of the molecule is O=C(Cc1noc2ccccc12)N1C[C@@H](Cc2ccnc3ccccc23)[C@@H](O)C1. The third-order valence-electron chi connectivity index (χ3n) is 5.75. The van der Waals surface area contributed by atoms with Crippen LogP contribution in [0.1, 0.15) is 11.3 Å². The molecule has 0 bridgehead atoms. The highest BCUT2D eigenvalue weighted by Gasteiger charge is 2.34. The molecule has 2 aromatic carbocycles.